The Balaban J connectivity index is 4.91. The van der Waals surface area contributed by atoms with Crippen molar-refractivity contribution >= 4 is 15.9 Å². The normalized spacial score (nSPS) is 16.9. The molecule has 0 rings (SSSR count). The molecule has 0 aliphatic carbocycles. The van der Waals surface area contributed by atoms with Gasteiger partial charge in [0.25, 0.3) is 0 Å². The highest BCUT2D eigenvalue weighted by molar-refractivity contribution is 7.35. The molecular weight excluding hydrogens is 274 g/mol. The summed E-state index contributed by atoms with van der Waals surface area (Å²) in [6.07, 6.45) is 2.58. The average molecular weight is 314 g/mol. The Labute approximate surface area is 131 Å². The van der Waals surface area contributed by atoms with Crippen molar-refractivity contribution in [1.29, 1.82) is 0 Å². The van der Waals surface area contributed by atoms with E-state index in [1.165, 1.54) is 25.4 Å². The topological polar surface area (TPSA) is 12.0 Å². The minimum atomic E-state index is -1.28. The summed E-state index contributed by atoms with van der Waals surface area (Å²) in [5, 5.41) is 4.17. The highest BCUT2D eigenvalue weighted by Crippen LogP contribution is 2.42. The van der Waals surface area contributed by atoms with Crippen molar-refractivity contribution < 1.29 is 0 Å². The molecule has 0 spiro atoms. The van der Waals surface area contributed by atoms with E-state index in [0.717, 1.165) is 0 Å². The minimum absolute atomic E-state index is 0.501. The fourth-order valence-corrected chi connectivity index (χ4v) is 18.7. The van der Waals surface area contributed by atoms with Gasteiger partial charge >= 0.3 is 0 Å². The molecule has 3 heteroatoms. The predicted molar refractivity (Wildman–Crippen MR) is 101 cm³/mol. The van der Waals surface area contributed by atoms with Gasteiger partial charge in [-0.3, -0.25) is 0 Å². The van der Waals surface area contributed by atoms with Gasteiger partial charge in [0.15, 0.2) is 0 Å². The van der Waals surface area contributed by atoms with E-state index in [0.29, 0.717) is 11.1 Å². The Morgan fingerprint density at radius 3 is 2.15 bits per heavy atom. The van der Waals surface area contributed by atoms with Crippen LogP contribution >= 0.6 is 0 Å². The van der Waals surface area contributed by atoms with E-state index in [4.69, 9.17) is 0 Å². The van der Waals surface area contributed by atoms with Crippen LogP contribution in [0.2, 0.25) is 24.2 Å². The van der Waals surface area contributed by atoms with E-state index in [-0.39, 0.29) is 0 Å². The van der Waals surface area contributed by atoms with Gasteiger partial charge in [-0.15, -0.1) is 0 Å². The summed E-state index contributed by atoms with van der Waals surface area (Å²) in [6, 6.07) is 2.13. The van der Waals surface area contributed by atoms with Gasteiger partial charge in [0.1, 0.15) is 0 Å². The maximum Gasteiger partial charge on any atom is 0.0720 e. The Kier molecular flexibility index (Phi) is 8.60. The molecular formula is C17H39NSi2. The summed E-state index contributed by atoms with van der Waals surface area (Å²) in [5.74, 6) is 0. The molecule has 0 radical (unpaired) electrons. The molecule has 0 aromatic carbocycles. The fraction of sp³-hybridized carbons (Fsp3) is 0.882. The highest BCUT2D eigenvalue weighted by Gasteiger charge is 2.44. The summed E-state index contributed by atoms with van der Waals surface area (Å²) in [4.78, 5) is 0. The molecule has 0 bridgehead atoms. The van der Waals surface area contributed by atoms with Crippen LogP contribution in [-0.4, -0.2) is 28.5 Å². The van der Waals surface area contributed by atoms with Gasteiger partial charge in [0.2, 0.25) is 0 Å². The van der Waals surface area contributed by atoms with Crippen molar-refractivity contribution in [2.24, 2.45) is 0 Å². The zero-order chi connectivity index (χ0) is 16.0. The van der Waals surface area contributed by atoms with Crippen LogP contribution in [0.15, 0.2) is 11.3 Å². The predicted octanol–water partition coefficient (Wildman–Crippen LogP) is 5.08. The second-order valence-corrected chi connectivity index (χ2v) is 21.3. The standard InChI is InChI=1S/C17H39NSi2/c1-10-16(4)18-12-11-13-20(19(8)9,14-15(2)3)17(5,6)7/h14,16,18-19H,10-13H2,1-9H3. The Morgan fingerprint density at radius 2 is 1.80 bits per heavy atom. The lowest BCUT2D eigenvalue weighted by Crippen LogP contribution is -2.54. The van der Waals surface area contributed by atoms with Crippen LogP contribution in [0.4, 0.5) is 0 Å². The van der Waals surface area contributed by atoms with Gasteiger partial charge in [-0.1, -0.05) is 58.1 Å². The molecule has 0 fully saturated rings. The molecule has 0 aliphatic rings. The van der Waals surface area contributed by atoms with Crippen LogP contribution in [0.1, 0.15) is 61.3 Å². The fourth-order valence-electron chi connectivity index (χ4n) is 3.37. The number of allylic oxidation sites excluding steroid dienone is 1. The summed E-state index contributed by atoms with van der Waals surface area (Å²) in [5.41, 5.74) is 4.29. The largest absolute Gasteiger partial charge is 0.314 e. The smallest absolute Gasteiger partial charge is 0.0720 e. The Morgan fingerprint density at radius 1 is 1.25 bits per heavy atom. The van der Waals surface area contributed by atoms with Crippen LogP contribution in [0.5, 0.6) is 0 Å². The molecule has 0 saturated heterocycles. The van der Waals surface area contributed by atoms with Crippen LogP contribution in [0.25, 0.3) is 0 Å². The molecule has 120 valence electrons. The molecule has 0 saturated carbocycles. The van der Waals surface area contributed by atoms with E-state index in [1.807, 2.05) is 0 Å². The second-order valence-electron chi connectivity index (χ2n) is 8.03. The van der Waals surface area contributed by atoms with Gasteiger partial charge < -0.3 is 5.32 Å². The molecule has 0 aliphatic heterocycles. The van der Waals surface area contributed by atoms with Crippen molar-refractivity contribution in [3.63, 3.8) is 0 Å². The molecule has 0 aromatic heterocycles. The first kappa shape index (κ1) is 20.1. The highest BCUT2D eigenvalue weighted by atomic mass is 29.2. The third kappa shape index (κ3) is 5.86. The van der Waals surface area contributed by atoms with Gasteiger partial charge in [-0.25, -0.2) is 0 Å². The Hall–Kier alpha value is 0.134. The quantitative estimate of drug-likeness (QED) is 0.486. The van der Waals surface area contributed by atoms with Crippen LogP contribution in [0, 0.1) is 0 Å². The van der Waals surface area contributed by atoms with E-state index in [1.54, 1.807) is 5.57 Å². The van der Waals surface area contributed by atoms with Crippen LogP contribution < -0.4 is 5.32 Å². The first-order chi connectivity index (χ1) is 9.06. The van der Waals surface area contributed by atoms with Crippen LogP contribution in [-0.2, 0) is 0 Å². The number of nitrogens with one attached hydrogen (secondary N) is 1. The molecule has 0 heterocycles. The first-order valence-electron chi connectivity index (χ1n) is 8.46. The number of rotatable bonds is 8. The molecule has 0 aromatic rings. The summed E-state index contributed by atoms with van der Waals surface area (Å²) >= 11 is 0. The zero-order valence-corrected chi connectivity index (χ0v) is 17.7. The van der Waals surface area contributed by atoms with Crippen LogP contribution in [0.3, 0.4) is 0 Å². The average Bonchev–Trinajstić information content (AvgIpc) is 2.30. The van der Waals surface area contributed by atoms with Gasteiger partial charge in [-0.05, 0) is 45.2 Å². The molecule has 0 amide bonds. The van der Waals surface area contributed by atoms with Crippen molar-refractivity contribution in [3.8, 4) is 0 Å². The monoisotopic (exact) mass is 313 g/mol. The lowest BCUT2D eigenvalue weighted by Gasteiger charge is -2.45. The number of hydrogen-bond acceptors (Lipinski definition) is 1. The lowest BCUT2D eigenvalue weighted by molar-refractivity contribution is 0.531. The summed E-state index contributed by atoms with van der Waals surface area (Å²) in [6.45, 7) is 23.0. The molecule has 2 unspecified atom stereocenters. The molecule has 1 nitrogen and oxygen atoms in total. The molecule has 1 N–H and O–H groups in total. The molecule has 2 atom stereocenters. The maximum absolute atomic E-state index is 3.67. The zero-order valence-electron chi connectivity index (χ0n) is 15.6. The van der Waals surface area contributed by atoms with E-state index < -0.39 is 15.9 Å². The third-order valence-corrected chi connectivity index (χ3v) is 22.1. The van der Waals surface area contributed by atoms with Gasteiger partial charge in [0.05, 0.1) is 7.59 Å². The maximum atomic E-state index is 3.67. The SMILES string of the molecule is CCC(C)NCCC[Si](C=C(C)C)([SiH](C)C)C(C)(C)C. The first-order valence-corrected chi connectivity index (χ1v) is 14.9. The summed E-state index contributed by atoms with van der Waals surface area (Å²) in [7, 11) is -1.93. The van der Waals surface area contributed by atoms with Gasteiger partial charge in [0, 0.05) is 14.4 Å². The number of hydrogen-bond donors (Lipinski definition) is 1. The van der Waals surface area contributed by atoms with E-state index >= 15 is 0 Å². The van der Waals surface area contributed by atoms with Crippen molar-refractivity contribution in [2.45, 2.75) is 91.5 Å². The third-order valence-electron chi connectivity index (χ3n) is 4.85. The Bertz CT molecular complexity index is 301. The van der Waals surface area contributed by atoms with Gasteiger partial charge in [-0.2, -0.15) is 0 Å². The second kappa shape index (κ2) is 8.55. The minimum Gasteiger partial charge on any atom is -0.314 e. The molecule has 20 heavy (non-hydrogen) atoms. The lowest BCUT2D eigenvalue weighted by atomic mass is 10.2. The van der Waals surface area contributed by atoms with E-state index in [2.05, 4.69) is 72.6 Å². The van der Waals surface area contributed by atoms with Crippen molar-refractivity contribution in [2.75, 3.05) is 6.54 Å². The van der Waals surface area contributed by atoms with Crippen molar-refractivity contribution in [1.82, 2.24) is 5.32 Å². The summed E-state index contributed by atoms with van der Waals surface area (Å²) < 4.78 is 0. The van der Waals surface area contributed by atoms with E-state index in [9.17, 15) is 0 Å². The van der Waals surface area contributed by atoms with Crippen molar-refractivity contribution in [3.05, 3.63) is 11.3 Å².